The predicted molar refractivity (Wildman–Crippen MR) is 94.0 cm³/mol. The Bertz CT molecular complexity index is 789. The Morgan fingerprint density at radius 2 is 2.12 bits per heavy atom. The lowest BCUT2D eigenvalue weighted by Crippen LogP contribution is -2.45. The van der Waals surface area contributed by atoms with Crippen LogP contribution < -0.4 is 14.8 Å². The number of likely N-dealkylation sites (tertiary alicyclic amines) is 1. The minimum Gasteiger partial charge on any atom is -0.493 e. The second kappa shape index (κ2) is 7.90. The SMILES string of the molecule is CNC(=O)[C@H]1CCCN1C(=O)c1cc(COc2ccccc2OC)[nH]n1. The van der Waals surface area contributed by atoms with E-state index in [-0.39, 0.29) is 24.1 Å². The summed E-state index contributed by atoms with van der Waals surface area (Å²) in [7, 11) is 3.15. The van der Waals surface area contributed by atoms with Crippen LogP contribution >= 0.6 is 0 Å². The Kier molecular flexibility index (Phi) is 5.40. The number of amides is 2. The van der Waals surface area contributed by atoms with Gasteiger partial charge in [-0.25, -0.2) is 0 Å². The molecule has 8 heteroatoms. The quantitative estimate of drug-likeness (QED) is 0.812. The molecule has 138 valence electrons. The zero-order chi connectivity index (χ0) is 18.5. The summed E-state index contributed by atoms with van der Waals surface area (Å²) >= 11 is 0. The van der Waals surface area contributed by atoms with E-state index in [1.165, 1.54) is 0 Å². The van der Waals surface area contributed by atoms with Gasteiger partial charge in [-0.15, -0.1) is 0 Å². The maximum absolute atomic E-state index is 12.7. The van der Waals surface area contributed by atoms with Crippen molar-refractivity contribution in [3.63, 3.8) is 0 Å². The molecule has 0 unspecified atom stereocenters. The lowest BCUT2D eigenvalue weighted by Gasteiger charge is -2.22. The number of likely N-dealkylation sites (N-methyl/N-ethyl adjacent to an activating group) is 1. The van der Waals surface area contributed by atoms with Crippen LogP contribution in [0.4, 0.5) is 0 Å². The third-order valence-corrected chi connectivity index (χ3v) is 4.36. The molecule has 1 aliphatic heterocycles. The van der Waals surface area contributed by atoms with Crippen LogP contribution in [-0.2, 0) is 11.4 Å². The third-order valence-electron chi connectivity index (χ3n) is 4.36. The molecule has 2 N–H and O–H groups in total. The normalized spacial score (nSPS) is 16.4. The van der Waals surface area contributed by atoms with E-state index in [1.54, 1.807) is 31.2 Å². The van der Waals surface area contributed by atoms with Crippen molar-refractivity contribution in [3.05, 3.63) is 41.7 Å². The van der Waals surface area contributed by atoms with E-state index in [2.05, 4.69) is 15.5 Å². The maximum atomic E-state index is 12.7. The second-order valence-corrected chi connectivity index (χ2v) is 5.99. The van der Waals surface area contributed by atoms with Gasteiger partial charge in [0.2, 0.25) is 5.91 Å². The number of hydrogen-bond donors (Lipinski definition) is 2. The van der Waals surface area contributed by atoms with Gasteiger partial charge in [0.15, 0.2) is 17.2 Å². The average Bonchev–Trinajstić information content (AvgIpc) is 3.35. The first kappa shape index (κ1) is 17.8. The first-order chi connectivity index (χ1) is 12.6. The summed E-state index contributed by atoms with van der Waals surface area (Å²) in [4.78, 5) is 26.2. The highest BCUT2D eigenvalue weighted by Crippen LogP contribution is 2.26. The lowest BCUT2D eigenvalue weighted by atomic mass is 10.2. The molecule has 0 bridgehead atoms. The van der Waals surface area contributed by atoms with Crippen LogP contribution in [0.3, 0.4) is 0 Å². The van der Waals surface area contributed by atoms with Gasteiger partial charge >= 0.3 is 0 Å². The molecule has 2 heterocycles. The summed E-state index contributed by atoms with van der Waals surface area (Å²) in [5.74, 6) is 0.840. The molecule has 2 amide bonds. The number of para-hydroxylation sites is 2. The third kappa shape index (κ3) is 3.63. The van der Waals surface area contributed by atoms with Crippen molar-refractivity contribution in [2.45, 2.75) is 25.5 Å². The van der Waals surface area contributed by atoms with Crippen LogP contribution in [0.1, 0.15) is 29.0 Å². The number of nitrogens with one attached hydrogen (secondary N) is 2. The van der Waals surface area contributed by atoms with E-state index >= 15 is 0 Å². The number of ether oxygens (including phenoxy) is 2. The summed E-state index contributed by atoms with van der Waals surface area (Å²) in [5.41, 5.74) is 0.939. The Balaban J connectivity index is 1.66. The monoisotopic (exact) mass is 358 g/mol. The van der Waals surface area contributed by atoms with Crippen LogP contribution in [0, 0.1) is 0 Å². The highest BCUT2D eigenvalue weighted by molar-refractivity contribution is 5.96. The van der Waals surface area contributed by atoms with Gasteiger partial charge in [0.05, 0.1) is 12.8 Å². The van der Waals surface area contributed by atoms with Gasteiger partial charge in [-0.3, -0.25) is 14.7 Å². The zero-order valence-electron chi connectivity index (χ0n) is 14.8. The Morgan fingerprint density at radius 3 is 2.85 bits per heavy atom. The molecule has 8 nitrogen and oxygen atoms in total. The fourth-order valence-corrected chi connectivity index (χ4v) is 3.03. The molecule has 1 fully saturated rings. The average molecular weight is 358 g/mol. The fourth-order valence-electron chi connectivity index (χ4n) is 3.03. The van der Waals surface area contributed by atoms with Crippen molar-refractivity contribution >= 4 is 11.8 Å². The molecule has 0 aliphatic carbocycles. The Labute approximate surface area is 151 Å². The first-order valence-electron chi connectivity index (χ1n) is 8.46. The molecule has 3 rings (SSSR count). The number of H-pyrrole nitrogens is 1. The van der Waals surface area contributed by atoms with E-state index in [0.29, 0.717) is 30.2 Å². The van der Waals surface area contributed by atoms with E-state index in [9.17, 15) is 9.59 Å². The van der Waals surface area contributed by atoms with Crippen molar-refractivity contribution < 1.29 is 19.1 Å². The van der Waals surface area contributed by atoms with Gasteiger partial charge in [0.25, 0.3) is 5.91 Å². The molecule has 0 saturated carbocycles. The molecule has 26 heavy (non-hydrogen) atoms. The first-order valence-corrected chi connectivity index (χ1v) is 8.46. The number of nitrogens with zero attached hydrogens (tertiary/aromatic N) is 2. The van der Waals surface area contributed by atoms with Crippen LogP contribution in [0.2, 0.25) is 0 Å². The molecular formula is C18H22N4O4. The van der Waals surface area contributed by atoms with E-state index in [4.69, 9.17) is 9.47 Å². The summed E-state index contributed by atoms with van der Waals surface area (Å²) in [5, 5.41) is 9.49. The predicted octanol–water partition coefficient (Wildman–Crippen LogP) is 1.35. The van der Waals surface area contributed by atoms with Gasteiger partial charge in [0.1, 0.15) is 12.6 Å². The number of methoxy groups -OCH3 is 1. The van der Waals surface area contributed by atoms with Gasteiger partial charge in [0, 0.05) is 13.6 Å². The van der Waals surface area contributed by atoms with Crippen molar-refractivity contribution in [1.29, 1.82) is 0 Å². The van der Waals surface area contributed by atoms with Gasteiger partial charge < -0.3 is 19.7 Å². The summed E-state index contributed by atoms with van der Waals surface area (Å²) in [6, 6.07) is 8.54. The van der Waals surface area contributed by atoms with Crippen molar-refractivity contribution in [2.75, 3.05) is 20.7 Å². The summed E-state index contributed by atoms with van der Waals surface area (Å²) < 4.78 is 11.0. The van der Waals surface area contributed by atoms with Crippen LogP contribution in [0.15, 0.2) is 30.3 Å². The molecule has 0 spiro atoms. The van der Waals surface area contributed by atoms with Crippen LogP contribution in [0.5, 0.6) is 11.5 Å². The molecule has 1 aliphatic rings. The lowest BCUT2D eigenvalue weighted by molar-refractivity contribution is -0.124. The van der Waals surface area contributed by atoms with Crippen molar-refractivity contribution in [3.8, 4) is 11.5 Å². The topological polar surface area (TPSA) is 96.5 Å². The number of benzene rings is 1. The van der Waals surface area contributed by atoms with Gasteiger partial charge in [-0.1, -0.05) is 12.1 Å². The summed E-state index contributed by atoms with van der Waals surface area (Å²) in [6.45, 7) is 0.774. The highest BCUT2D eigenvalue weighted by atomic mass is 16.5. The number of carbonyl (C=O) groups excluding carboxylic acids is 2. The molecule has 1 aromatic carbocycles. The van der Waals surface area contributed by atoms with E-state index in [0.717, 1.165) is 6.42 Å². The van der Waals surface area contributed by atoms with Crippen LogP contribution in [0.25, 0.3) is 0 Å². The molecule has 2 aromatic rings. The van der Waals surface area contributed by atoms with Crippen molar-refractivity contribution in [1.82, 2.24) is 20.4 Å². The minimum atomic E-state index is -0.433. The van der Waals surface area contributed by atoms with Crippen molar-refractivity contribution in [2.24, 2.45) is 0 Å². The number of carbonyl (C=O) groups is 2. The highest BCUT2D eigenvalue weighted by Gasteiger charge is 2.34. The fraction of sp³-hybridized carbons (Fsp3) is 0.389. The Hall–Kier alpha value is -3.03. The largest absolute Gasteiger partial charge is 0.493 e. The second-order valence-electron chi connectivity index (χ2n) is 5.99. The molecule has 0 radical (unpaired) electrons. The smallest absolute Gasteiger partial charge is 0.275 e. The van der Waals surface area contributed by atoms with Crippen LogP contribution in [-0.4, -0.2) is 53.7 Å². The molecule has 1 atom stereocenters. The summed E-state index contributed by atoms with van der Waals surface area (Å²) in [6.07, 6.45) is 1.47. The van der Waals surface area contributed by atoms with E-state index in [1.807, 2.05) is 18.2 Å². The number of rotatable bonds is 6. The van der Waals surface area contributed by atoms with E-state index < -0.39 is 6.04 Å². The number of aromatic nitrogens is 2. The molecular weight excluding hydrogens is 336 g/mol. The van der Waals surface area contributed by atoms with Gasteiger partial charge in [-0.05, 0) is 31.0 Å². The Morgan fingerprint density at radius 1 is 1.35 bits per heavy atom. The number of hydrogen-bond acceptors (Lipinski definition) is 5. The number of aromatic amines is 1. The zero-order valence-corrected chi connectivity index (χ0v) is 14.8. The maximum Gasteiger partial charge on any atom is 0.275 e. The molecule has 1 saturated heterocycles. The standard InChI is InChI=1S/C18H22N4O4/c1-19-17(23)14-6-5-9-22(14)18(24)13-10-12(20-21-13)11-26-16-8-4-3-7-15(16)25-2/h3-4,7-8,10,14H,5-6,9,11H2,1-2H3,(H,19,23)(H,20,21)/t14-/m1/s1. The minimum absolute atomic E-state index is 0.147. The molecule has 1 aromatic heterocycles. The van der Waals surface area contributed by atoms with Gasteiger partial charge in [-0.2, -0.15) is 5.10 Å².